The molecule has 0 spiro atoms. The molecular weight excluding hydrogens is 354 g/mol. The number of imidazole rings is 1. The van der Waals surface area contributed by atoms with Crippen LogP contribution in [0.2, 0.25) is 0 Å². The first-order chi connectivity index (χ1) is 13.7. The van der Waals surface area contributed by atoms with Gasteiger partial charge in [-0.2, -0.15) is 10.1 Å². The molecule has 4 aromatic rings. The monoisotopic (exact) mass is 379 g/mol. The van der Waals surface area contributed by atoms with E-state index in [-0.39, 0.29) is 0 Å². The van der Waals surface area contributed by atoms with Crippen molar-refractivity contribution in [3.8, 4) is 11.3 Å². The molecule has 0 atom stereocenters. The summed E-state index contributed by atoms with van der Waals surface area (Å²) in [6.07, 6.45) is 8.28. The van der Waals surface area contributed by atoms with Crippen molar-refractivity contribution in [2.45, 2.75) is 12.8 Å². The van der Waals surface area contributed by atoms with Crippen LogP contribution >= 0.6 is 0 Å². The fourth-order valence-electron chi connectivity index (χ4n) is 3.35. The van der Waals surface area contributed by atoms with Crippen molar-refractivity contribution < 1.29 is 0 Å². The van der Waals surface area contributed by atoms with Gasteiger partial charge in [0, 0.05) is 38.2 Å². The third-order valence-corrected chi connectivity index (χ3v) is 4.83. The Morgan fingerprint density at radius 3 is 2.43 bits per heavy atom. The summed E-state index contributed by atoms with van der Waals surface area (Å²) >= 11 is 0. The average Bonchev–Trinajstić information content (AvgIpc) is 3.47. The van der Waals surface area contributed by atoms with Crippen molar-refractivity contribution in [3.05, 3.63) is 36.8 Å². The number of hydrogen-bond acceptors (Lipinski definition) is 7. The largest absolute Gasteiger partial charge is 0.371 e. The fourth-order valence-corrected chi connectivity index (χ4v) is 3.35. The summed E-state index contributed by atoms with van der Waals surface area (Å²) in [6.45, 7) is 2.64. The summed E-state index contributed by atoms with van der Waals surface area (Å²) in [6, 6.07) is 5.87. The quantitative estimate of drug-likeness (QED) is 0.564. The highest BCUT2D eigenvalue weighted by atomic mass is 15.3. The maximum Gasteiger partial charge on any atom is 0.242 e. The molecule has 1 fully saturated rings. The van der Waals surface area contributed by atoms with Gasteiger partial charge in [-0.3, -0.25) is 0 Å². The van der Waals surface area contributed by atoms with Gasteiger partial charge in [0.05, 0.1) is 5.69 Å². The third-order valence-electron chi connectivity index (χ3n) is 4.83. The molecule has 4 aromatic heterocycles. The van der Waals surface area contributed by atoms with E-state index in [4.69, 9.17) is 0 Å². The number of fused-ring (bicyclic) bond motifs is 2. The molecule has 28 heavy (non-hydrogen) atoms. The zero-order valence-corrected chi connectivity index (χ0v) is 16.4. The highest BCUT2D eigenvalue weighted by molar-refractivity contribution is 5.87. The molecule has 0 unspecified atom stereocenters. The molecule has 146 valence electrons. The Labute approximate surface area is 163 Å². The molecule has 0 radical (unpaired) electrons. The lowest BCUT2D eigenvalue weighted by atomic mass is 10.2. The van der Waals surface area contributed by atoms with Gasteiger partial charge >= 0.3 is 0 Å². The van der Waals surface area contributed by atoms with Crippen molar-refractivity contribution in [2.75, 3.05) is 44.9 Å². The first kappa shape index (κ1) is 18.2. The first-order valence-electron chi connectivity index (χ1n) is 9.44. The standard InChI is InChI=1S/C14H14N8.C5H11N/c1-15-13-12-9(5-7-22(12)20-14(16-2)18-13)10-3-4-11-17-6-8-21(11)19-10;1-6-4-2-3-5-6/h3-8H,1-2H3,(H2,15,16,18,20);2-5H2,1H3. The van der Waals surface area contributed by atoms with Crippen molar-refractivity contribution in [3.63, 3.8) is 0 Å². The van der Waals surface area contributed by atoms with Crippen LogP contribution < -0.4 is 10.6 Å². The van der Waals surface area contributed by atoms with Gasteiger partial charge in [0.1, 0.15) is 5.52 Å². The average molecular weight is 379 g/mol. The lowest BCUT2D eigenvalue weighted by Crippen LogP contribution is -2.10. The van der Waals surface area contributed by atoms with Crippen LogP contribution in [0.1, 0.15) is 12.8 Å². The highest BCUT2D eigenvalue weighted by Crippen LogP contribution is 2.28. The van der Waals surface area contributed by atoms with E-state index < -0.39 is 0 Å². The van der Waals surface area contributed by atoms with Crippen molar-refractivity contribution in [1.82, 2.24) is 34.1 Å². The van der Waals surface area contributed by atoms with Crippen molar-refractivity contribution in [1.29, 1.82) is 0 Å². The van der Waals surface area contributed by atoms with E-state index in [1.165, 1.54) is 25.9 Å². The Balaban J connectivity index is 0.000000275. The van der Waals surface area contributed by atoms with Crippen LogP contribution in [0, 0.1) is 0 Å². The van der Waals surface area contributed by atoms with Crippen LogP contribution in [-0.2, 0) is 0 Å². The summed E-state index contributed by atoms with van der Waals surface area (Å²) < 4.78 is 3.54. The Morgan fingerprint density at radius 2 is 1.75 bits per heavy atom. The number of rotatable bonds is 3. The lowest BCUT2D eigenvalue weighted by molar-refractivity contribution is 0.418. The normalized spacial score (nSPS) is 14.2. The van der Waals surface area contributed by atoms with E-state index in [0.29, 0.717) is 5.95 Å². The second-order valence-corrected chi connectivity index (χ2v) is 6.77. The minimum atomic E-state index is 0.553. The molecule has 0 aliphatic carbocycles. The third kappa shape index (κ3) is 3.48. The van der Waals surface area contributed by atoms with Crippen LogP contribution in [0.4, 0.5) is 11.8 Å². The van der Waals surface area contributed by atoms with Gasteiger partial charge in [0.25, 0.3) is 0 Å². The molecule has 5 heterocycles. The van der Waals surface area contributed by atoms with Gasteiger partial charge in [0.2, 0.25) is 5.95 Å². The Bertz CT molecular complexity index is 1080. The maximum absolute atomic E-state index is 4.59. The van der Waals surface area contributed by atoms with Gasteiger partial charge in [-0.25, -0.2) is 14.0 Å². The first-order valence-corrected chi connectivity index (χ1v) is 9.44. The molecule has 0 saturated carbocycles. The minimum absolute atomic E-state index is 0.553. The molecule has 9 heteroatoms. The Hall–Kier alpha value is -3.20. The summed E-state index contributed by atoms with van der Waals surface area (Å²) in [4.78, 5) is 11.0. The molecule has 0 bridgehead atoms. The van der Waals surface area contributed by atoms with Gasteiger partial charge in [0.15, 0.2) is 11.5 Å². The molecule has 1 saturated heterocycles. The Morgan fingerprint density at radius 1 is 0.929 bits per heavy atom. The number of likely N-dealkylation sites (tertiary alicyclic amines) is 1. The lowest BCUT2D eigenvalue weighted by Gasteiger charge is -2.08. The second kappa shape index (κ2) is 7.81. The van der Waals surface area contributed by atoms with Gasteiger partial charge in [-0.05, 0) is 51.2 Å². The zero-order chi connectivity index (χ0) is 19.5. The number of nitrogens with zero attached hydrogens (tertiary/aromatic N) is 7. The molecular formula is C19H25N9. The van der Waals surface area contributed by atoms with Gasteiger partial charge < -0.3 is 15.5 Å². The van der Waals surface area contributed by atoms with Gasteiger partial charge in [-0.15, -0.1) is 5.10 Å². The molecule has 0 aromatic carbocycles. The molecule has 2 N–H and O–H groups in total. The molecule has 9 nitrogen and oxygen atoms in total. The van der Waals surface area contributed by atoms with Gasteiger partial charge in [-0.1, -0.05) is 0 Å². The number of hydrogen-bond donors (Lipinski definition) is 2. The molecule has 1 aliphatic rings. The fraction of sp³-hybridized carbons (Fsp3) is 0.368. The predicted molar refractivity (Wildman–Crippen MR) is 111 cm³/mol. The number of anilines is 2. The topological polar surface area (TPSA) is 87.7 Å². The highest BCUT2D eigenvalue weighted by Gasteiger charge is 2.14. The summed E-state index contributed by atoms with van der Waals surface area (Å²) in [5.74, 6) is 1.30. The predicted octanol–water partition coefficient (Wildman–Crippen LogP) is 2.23. The SMILES string of the molecule is CN1CCCC1.CNc1nc(NC)c2c(-c3ccc4nccn4n3)ccn2n1. The zero-order valence-electron chi connectivity index (χ0n) is 16.4. The van der Waals surface area contributed by atoms with E-state index in [1.54, 1.807) is 22.3 Å². The minimum Gasteiger partial charge on any atom is -0.371 e. The van der Waals surface area contributed by atoms with Crippen LogP contribution in [0.3, 0.4) is 0 Å². The van der Waals surface area contributed by atoms with Crippen LogP contribution in [0.15, 0.2) is 36.8 Å². The van der Waals surface area contributed by atoms with E-state index >= 15 is 0 Å². The van der Waals surface area contributed by atoms with Crippen molar-refractivity contribution >= 4 is 22.9 Å². The number of aromatic nitrogens is 6. The van der Waals surface area contributed by atoms with Crippen LogP contribution in [0.25, 0.3) is 22.4 Å². The van der Waals surface area contributed by atoms with Crippen LogP contribution in [-0.4, -0.2) is 68.3 Å². The van der Waals surface area contributed by atoms with E-state index in [0.717, 1.165) is 28.2 Å². The van der Waals surface area contributed by atoms with E-state index in [2.05, 4.69) is 42.7 Å². The van der Waals surface area contributed by atoms with E-state index in [9.17, 15) is 0 Å². The summed E-state index contributed by atoms with van der Waals surface area (Å²) in [7, 11) is 5.80. The molecule has 0 amide bonds. The summed E-state index contributed by atoms with van der Waals surface area (Å²) in [5.41, 5.74) is 3.50. The summed E-state index contributed by atoms with van der Waals surface area (Å²) in [5, 5.41) is 15.1. The van der Waals surface area contributed by atoms with E-state index in [1.807, 2.05) is 37.6 Å². The van der Waals surface area contributed by atoms with Crippen molar-refractivity contribution in [2.24, 2.45) is 0 Å². The maximum atomic E-state index is 4.59. The second-order valence-electron chi connectivity index (χ2n) is 6.77. The number of nitrogens with one attached hydrogen (secondary N) is 2. The molecule has 1 aliphatic heterocycles. The Kier molecular flexibility index (Phi) is 5.07. The molecule has 5 rings (SSSR count). The van der Waals surface area contributed by atoms with Crippen LogP contribution in [0.5, 0.6) is 0 Å². The smallest absolute Gasteiger partial charge is 0.242 e.